The first-order valence-corrected chi connectivity index (χ1v) is 11.4. The molecule has 2 atom stereocenters. The average Bonchev–Trinajstić information content (AvgIpc) is 3.17. The summed E-state index contributed by atoms with van der Waals surface area (Å²) in [6.07, 6.45) is 3.02. The lowest BCUT2D eigenvalue weighted by molar-refractivity contribution is -0.146. The van der Waals surface area contributed by atoms with Gasteiger partial charge in [-0.25, -0.2) is 9.97 Å². The highest BCUT2D eigenvalue weighted by atomic mass is 32.1. The summed E-state index contributed by atoms with van der Waals surface area (Å²) in [5, 5.41) is 3.52. The molecule has 9 nitrogen and oxygen atoms in total. The monoisotopic (exact) mass is 467 g/mol. The zero-order valence-electron chi connectivity index (χ0n) is 18.6. The van der Waals surface area contributed by atoms with E-state index in [4.69, 9.17) is 10.5 Å². The van der Waals surface area contributed by atoms with Crippen LogP contribution < -0.4 is 15.8 Å². The number of benzene rings is 1. The number of nitrogens with two attached hydrogens (primary N) is 1. The second-order valence-electron chi connectivity index (χ2n) is 8.22. The van der Waals surface area contributed by atoms with Gasteiger partial charge in [0.05, 0.1) is 40.3 Å². The number of carbonyl (C=O) groups excluding carboxylic acids is 3. The molecule has 3 amide bonds. The van der Waals surface area contributed by atoms with E-state index in [1.807, 2.05) is 25.1 Å². The molecule has 10 heteroatoms. The van der Waals surface area contributed by atoms with E-state index in [0.29, 0.717) is 6.54 Å². The highest BCUT2D eigenvalue weighted by molar-refractivity contribution is 7.18. The second kappa shape index (κ2) is 9.14. The van der Waals surface area contributed by atoms with Gasteiger partial charge >= 0.3 is 11.8 Å². The molecule has 172 valence electrons. The lowest BCUT2D eigenvalue weighted by atomic mass is 9.89. The van der Waals surface area contributed by atoms with Gasteiger partial charge in [-0.05, 0) is 49.4 Å². The summed E-state index contributed by atoms with van der Waals surface area (Å²) in [6.45, 7) is 4.50. The van der Waals surface area contributed by atoms with Crippen molar-refractivity contribution >= 4 is 45.0 Å². The van der Waals surface area contributed by atoms with Crippen LogP contribution in [0.2, 0.25) is 0 Å². The van der Waals surface area contributed by atoms with Crippen LogP contribution in [0.3, 0.4) is 0 Å². The molecule has 3 N–H and O–H groups in total. The van der Waals surface area contributed by atoms with Gasteiger partial charge in [-0.1, -0.05) is 13.0 Å². The number of piperidine rings is 1. The van der Waals surface area contributed by atoms with E-state index in [9.17, 15) is 14.4 Å². The van der Waals surface area contributed by atoms with Gasteiger partial charge in [0.2, 0.25) is 5.88 Å². The molecule has 0 aliphatic carbocycles. The van der Waals surface area contributed by atoms with Crippen molar-refractivity contribution in [3.05, 3.63) is 46.6 Å². The van der Waals surface area contributed by atoms with Crippen LogP contribution in [0.25, 0.3) is 10.2 Å². The predicted octanol–water partition coefficient (Wildman–Crippen LogP) is 3.05. The van der Waals surface area contributed by atoms with Crippen LogP contribution in [-0.4, -0.2) is 46.2 Å². The number of amides is 3. The Morgan fingerprint density at radius 1 is 1.24 bits per heavy atom. The lowest BCUT2D eigenvalue weighted by Crippen LogP contribution is -2.46. The maximum atomic E-state index is 13.2. The van der Waals surface area contributed by atoms with Gasteiger partial charge in [0, 0.05) is 6.54 Å². The number of fused-ring (bicyclic) bond motifs is 1. The molecule has 0 spiro atoms. The van der Waals surface area contributed by atoms with Crippen molar-refractivity contribution in [3.8, 4) is 5.88 Å². The molecule has 4 rings (SSSR count). The number of anilines is 1. The minimum atomic E-state index is -0.804. The van der Waals surface area contributed by atoms with Gasteiger partial charge in [-0.2, -0.15) is 0 Å². The summed E-state index contributed by atoms with van der Waals surface area (Å²) >= 11 is 1.62. The highest BCUT2D eigenvalue weighted by Crippen LogP contribution is 2.35. The van der Waals surface area contributed by atoms with Crippen molar-refractivity contribution in [1.82, 2.24) is 14.9 Å². The highest BCUT2D eigenvalue weighted by Gasteiger charge is 2.34. The molecule has 0 bridgehead atoms. The number of aromatic nitrogens is 2. The normalized spacial score (nSPS) is 18.2. The van der Waals surface area contributed by atoms with E-state index in [1.54, 1.807) is 16.2 Å². The number of nitrogens with zero attached hydrogens (tertiary/aromatic N) is 3. The summed E-state index contributed by atoms with van der Waals surface area (Å²) in [6, 6.07) is 7.15. The minimum absolute atomic E-state index is 0.0130. The van der Waals surface area contributed by atoms with Crippen molar-refractivity contribution in [2.75, 3.05) is 19.0 Å². The van der Waals surface area contributed by atoms with E-state index >= 15 is 0 Å². The number of ether oxygens (including phenoxy) is 1. The van der Waals surface area contributed by atoms with Gasteiger partial charge in [-0.15, -0.1) is 11.3 Å². The Hall–Kier alpha value is -3.53. The van der Waals surface area contributed by atoms with Crippen LogP contribution in [0, 0.1) is 12.8 Å². The van der Waals surface area contributed by atoms with Crippen LogP contribution in [0.5, 0.6) is 5.88 Å². The Labute approximate surface area is 195 Å². The standard InChI is InChI=1S/C23H25N5O4S/c1-12-4-6-18(14-5-7-19-17(8-14)26-13(2)33-19)28(11-12)23(31)21(30)27-15-9-16(20(24)29)22(32-3)25-10-15/h5,7-10,12,18H,4,6,11H2,1-3H3,(H2,24,29)(H,27,30). The fraction of sp³-hybridized carbons (Fsp3) is 0.348. The Kier molecular flexibility index (Phi) is 6.28. The Morgan fingerprint density at radius 2 is 2.03 bits per heavy atom. The molecule has 1 aromatic carbocycles. The van der Waals surface area contributed by atoms with Crippen molar-refractivity contribution in [3.63, 3.8) is 0 Å². The molecule has 1 aliphatic rings. The Balaban J connectivity index is 1.58. The maximum absolute atomic E-state index is 13.2. The van der Waals surface area contributed by atoms with Crippen LogP contribution in [-0.2, 0) is 9.59 Å². The Morgan fingerprint density at radius 3 is 2.76 bits per heavy atom. The number of carbonyl (C=O) groups is 3. The number of hydrogen-bond donors (Lipinski definition) is 2. The number of aryl methyl sites for hydroxylation is 1. The average molecular weight is 468 g/mol. The van der Waals surface area contributed by atoms with Crippen molar-refractivity contribution in [2.45, 2.75) is 32.7 Å². The van der Waals surface area contributed by atoms with Crippen molar-refractivity contribution in [1.29, 1.82) is 0 Å². The van der Waals surface area contributed by atoms with Crippen LogP contribution >= 0.6 is 11.3 Å². The molecule has 1 fully saturated rings. The molecule has 3 aromatic rings. The van der Waals surface area contributed by atoms with Gasteiger partial charge < -0.3 is 20.7 Å². The summed E-state index contributed by atoms with van der Waals surface area (Å²) in [5.74, 6) is -1.88. The first kappa shape index (κ1) is 22.7. The number of pyridine rings is 1. The van der Waals surface area contributed by atoms with Crippen LogP contribution in [0.15, 0.2) is 30.5 Å². The number of likely N-dealkylation sites (tertiary alicyclic amines) is 1. The molecule has 2 aromatic heterocycles. The van der Waals surface area contributed by atoms with E-state index < -0.39 is 17.7 Å². The smallest absolute Gasteiger partial charge is 0.313 e. The van der Waals surface area contributed by atoms with Crippen molar-refractivity contribution in [2.24, 2.45) is 11.7 Å². The van der Waals surface area contributed by atoms with E-state index in [2.05, 4.69) is 22.2 Å². The summed E-state index contributed by atoms with van der Waals surface area (Å²) in [5.41, 5.74) is 7.41. The van der Waals surface area contributed by atoms with Crippen LogP contribution in [0.1, 0.15) is 46.7 Å². The van der Waals surface area contributed by atoms with E-state index in [-0.39, 0.29) is 29.1 Å². The lowest BCUT2D eigenvalue weighted by Gasteiger charge is -2.38. The number of rotatable bonds is 4. The fourth-order valence-electron chi connectivity index (χ4n) is 4.17. The Bertz CT molecular complexity index is 1240. The third kappa shape index (κ3) is 4.65. The van der Waals surface area contributed by atoms with Crippen molar-refractivity contribution < 1.29 is 19.1 Å². The SMILES string of the molecule is COc1ncc(NC(=O)C(=O)N2CC(C)CCC2c2ccc3sc(C)nc3c2)cc1C(N)=O. The molecule has 3 heterocycles. The number of nitrogens with one attached hydrogen (secondary N) is 1. The van der Waals surface area contributed by atoms with Gasteiger partial charge in [0.25, 0.3) is 5.91 Å². The molecular weight excluding hydrogens is 442 g/mol. The molecule has 0 radical (unpaired) electrons. The third-order valence-corrected chi connectivity index (χ3v) is 6.70. The predicted molar refractivity (Wildman–Crippen MR) is 125 cm³/mol. The maximum Gasteiger partial charge on any atom is 0.313 e. The van der Waals surface area contributed by atoms with Gasteiger partial charge in [0.1, 0.15) is 5.56 Å². The number of methoxy groups -OCH3 is 1. The molecule has 0 saturated carbocycles. The van der Waals surface area contributed by atoms with Gasteiger partial charge in [0.15, 0.2) is 0 Å². The van der Waals surface area contributed by atoms with E-state index in [0.717, 1.165) is 33.6 Å². The molecule has 1 aliphatic heterocycles. The third-order valence-electron chi connectivity index (χ3n) is 5.74. The topological polar surface area (TPSA) is 128 Å². The van der Waals surface area contributed by atoms with E-state index in [1.165, 1.54) is 19.4 Å². The summed E-state index contributed by atoms with van der Waals surface area (Å²) in [7, 11) is 1.36. The first-order valence-electron chi connectivity index (χ1n) is 10.6. The second-order valence-corrected chi connectivity index (χ2v) is 9.45. The first-order chi connectivity index (χ1) is 15.8. The van der Waals surface area contributed by atoms with Crippen LogP contribution in [0.4, 0.5) is 5.69 Å². The molecule has 33 heavy (non-hydrogen) atoms. The quantitative estimate of drug-likeness (QED) is 0.568. The summed E-state index contributed by atoms with van der Waals surface area (Å²) in [4.78, 5) is 47.9. The molecular formula is C23H25N5O4S. The molecule has 2 unspecified atom stereocenters. The number of thiazole rings is 1. The zero-order valence-corrected chi connectivity index (χ0v) is 19.4. The minimum Gasteiger partial charge on any atom is -0.480 e. The fourth-order valence-corrected chi connectivity index (χ4v) is 4.97. The number of hydrogen-bond acceptors (Lipinski definition) is 7. The molecule has 1 saturated heterocycles. The summed E-state index contributed by atoms with van der Waals surface area (Å²) < 4.78 is 6.10. The van der Waals surface area contributed by atoms with Gasteiger partial charge in [-0.3, -0.25) is 14.4 Å². The zero-order chi connectivity index (χ0) is 23.7. The number of primary amides is 1. The largest absolute Gasteiger partial charge is 0.480 e.